The molecule has 2 aromatic heterocycles. The number of benzene rings is 2. The van der Waals surface area contributed by atoms with Crippen molar-refractivity contribution in [3.8, 4) is 11.4 Å². The lowest BCUT2D eigenvalue weighted by Gasteiger charge is -2.08. The van der Waals surface area contributed by atoms with E-state index in [2.05, 4.69) is 24.9 Å². The van der Waals surface area contributed by atoms with Gasteiger partial charge >= 0.3 is 0 Å². The Morgan fingerprint density at radius 2 is 1.81 bits per heavy atom. The lowest BCUT2D eigenvalue weighted by atomic mass is 10.2. The zero-order valence-electron chi connectivity index (χ0n) is 14.5. The minimum absolute atomic E-state index is 0.138. The van der Waals surface area contributed by atoms with E-state index in [9.17, 15) is 12.8 Å². The topological polar surface area (TPSA) is 104 Å². The Morgan fingerprint density at radius 3 is 2.48 bits per heavy atom. The summed E-state index contributed by atoms with van der Waals surface area (Å²) in [6.45, 7) is 3.28. The van der Waals surface area contributed by atoms with Crippen molar-refractivity contribution in [1.29, 1.82) is 0 Å². The zero-order valence-corrected chi connectivity index (χ0v) is 15.4. The lowest BCUT2D eigenvalue weighted by molar-refractivity contribution is 0.600. The number of H-pyrrole nitrogens is 2. The molecule has 0 saturated carbocycles. The quantitative estimate of drug-likeness (QED) is 0.500. The van der Waals surface area contributed by atoms with E-state index >= 15 is 0 Å². The molecule has 0 atom stereocenters. The van der Waals surface area contributed by atoms with Crippen LogP contribution < -0.4 is 4.72 Å². The highest BCUT2D eigenvalue weighted by Crippen LogP contribution is 2.25. The van der Waals surface area contributed by atoms with Crippen molar-refractivity contribution in [3.63, 3.8) is 0 Å². The monoisotopic (exact) mass is 385 g/mol. The maximum atomic E-state index is 13.1. The maximum absolute atomic E-state index is 13.1. The molecule has 27 heavy (non-hydrogen) atoms. The number of sulfonamides is 1. The van der Waals surface area contributed by atoms with Crippen LogP contribution in [0, 0.1) is 19.7 Å². The summed E-state index contributed by atoms with van der Waals surface area (Å²) in [6.07, 6.45) is 0. The summed E-state index contributed by atoms with van der Waals surface area (Å²) in [5.74, 6) is 0.253. The van der Waals surface area contributed by atoms with Gasteiger partial charge in [0.1, 0.15) is 16.5 Å². The van der Waals surface area contributed by atoms with E-state index in [4.69, 9.17) is 0 Å². The van der Waals surface area contributed by atoms with Crippen LogP contribution in [0.15, 0.2) is 47.4 Å². The van der Waals surface area contributed by atoms with E-state index in [1.54, 1.807) is 44.2 Å². The summed E-state index contributed by atoms with van der Waals surface area (Å²) in [6, 6.07) is 11.0. The number of fused-ring (bicyclic) bond motifs is 1. The Labute approximate surface area is 154 Å². The number of rotatable bonds is 4. The molecule has 0 aliphatic carbocycles. The molecule has 7 nitrogen and oxygen atoms in total. The van der Waals surface area contributed by atoms with Crippen LogP contribution in [0.1, 0.15) is 11.4 Å². The van der Waals surface area contributed by atoms with E-state index in [1.165, 1.54) is 12.1 Å². The molecule has 0 spiro atoms. The average molecular weight is 385 g/mol. The third kappa shape index (κ3) is 3.17. The normalized spacial score (nSPS) is 11.8. The number of hydrogen-bond donors (Lipinski definition) is 3. The molecule has 4 rings (SSSR count). The van der Waals surface area contributed by atoms with E-state index in [-0.39, 0.29) is 10.7 Å². The van der Waals surface area contributed by atoms with Crippen LogP contribution >= 0.6 is 0 Å². The number of aryl methyl sites for hydroxylation is 2. The van der Waals surface area contributed by atoms with E-state index < -0.39 is 10.0 Å². The minimum atomic E-state index is -3.77. The summed E-state index contributed by atoms with van der Waals surface area (Å²) < 4.78 is 41.0. The van der Waals surface area contributed by atoms with E-state index in [0.29, 0.717) is 33.9 Å². The number of imidazole rings is 1. The number of nitrogens with zero attached hydrogens (tertiary/aromatic N) is 2. The number of halogens is 1. The van der Waals surface area contributed by atoms with E-state index in [1.807, 2.05) is 0 Å². The number of aromatic nitrogens is 4. The van der Waals surface area contributed by atoms with Gasteiger partial charge in [0.2, 0.25) is 0 Å². The molecule has 0 saturated heterocycles. The Morgan fingerprint density at radius 1 is 1.07 bits per heavy atom. The first kappa shape index (κ1) is 17.2. The smallest absolute Gasteiger partial charge is 0.265 e. The molecule has 0 aliphatic heterocycles. The summed E-state index contributed by atoms with van der Waals surface area (Å²) in [5.41, 5.74) is 3.35. The van der Waals surface area contributed by atoms with Crippen LogP contribution in [0.2, 0.25) is 0 Å². The van der Waals surface area contributed by atoms with Crippen LogP contribution in [0.3, 0.4) is 0 Å². The predicted molar refractivity (Wildman–Crippen MR) is 100 cm³/mol. The van der Waals surface area contributed by atoms with Crippen molar-refractivity contribution in [3.05, 3.63) is 59.7 Å². The van der Waals surface area contributed by atoms with Gasteiger partial charge in [0.05, 0.1) is 28.1 Å². The standard InChI is InChI=1S/C18H16FN5O2S/c1-10-17(11(2)23-22-10)27(25,26)24-14-7-8-15-16(9-14)21-18(20-15)12-3-5-13(19)6-4-12/h3-9,24H,1-2H3,(H,20,21)(H,22,23). The molecule has 0 fully saturated rings. The SMILES string of the molecule is Cc1n[nH]c(C)c1S(=O)(=O)Nc1ccc2nc(-c3ccc(F)cc3)[nH]c2c1. The number of hydrogen-bond acceptors (Lipinski definition) is 4. The third-order valence-corrected chi connectivity index (χ3v) is 5.82. The molecule has 2 aromatic carbocycles. The van der Waals surface area contributed by atoms with Gasteiger partial charge in [0, 0.05) is 5.56 Å². The highest BCUT2D eigenvalue weighted by Gasteiger charge is 2.22. The fourth-order valence-corrected chi connectivity index (χ4v) is 4.38. The van der Waals surface area contributed by atoms with Gasteiger partial charge in [0.15, 0.2) is 0 Å². The fraction of sp³-hybridized carbons (Fsp3) is 0.111. The molecule has 2 heterocycles. The minimum Gasteiger partial charge on any atom is -0.338 e. The number of aromatic amines is 2. The molecule has 0 bridgehead atoms. The molecular formula is C18H16FN5O2S. The number of nitrogens with one attached hydrogen (secondary N) is 3. The van der Waals surface area contributed by atoms with Gasteiger partial charge in [-0.2, -0.15) is 5.10 Å². The van der Waals surface area contributed by atoms with Crippen LogP contribution in [0.25, 0.3) is 22.4 Å². The molecule has 0 unspecified atom stereocenters. The van der Waals surface area contributed by atoms with Crippen molar-refractivity contribution in [1.82, 2.24) is 20.2 Å². The largest absolute Gasteiger partial charge is 0.338 e. The summed E-state index contributed by atoms with van der Waals surface area (Å²) in [7, 11) is -3.77. The van der Waals surface area contributed by atoms with Crippen LogP contribution in [0.5, 0.6) is 0 Å². The third-order valence-electron chi connectivity index (χ3n) is 4.18. The molecule has 0 aliphatic rings. The zero-order chi connectivity index (χ0) is 19.2. The van der Waals surface area contributed by atoms with Crippen molar-refractivity contribution in [2.75, 3.05) is 4.72 Å². The van der Waals surface area contributed by atoms with Gasteiger partial charge in [-0.15, -0.1) is 0 Å². The number of anilines is 1. The highest BCUT2D eigenvalue weighted by molar-refractivity contribution is 7.92. The second-order valence-corrected chi connectivity index (χ2v) is 7.81. The predicted octanol–water partition coefficient (Wildman–Crippen LogP) is 3.51. The van der Waals surface area contributed by atoms with Crippen molar-refractivity contribution >= 4 is 26.7 Å². The first-order valence-electron chi connectivity index (χ1n) is 8.13. The first-order chi connectivity index (χ1) is 12.8. The molecule has 0 amide bonds. The lowest BCUT2D eigenvalue weighted by Crippen LogP contribution is -2.14. The molecule has 9 heteroatoms. The van der Waals surface area contributed by atoms with Gasteiger partial charge in [-0.05, 0) is 56.3 Å². The molecule has 138 valence electrons. The average Bonchev–Trinajstić information content (AvgIpc) is 3.18. The van der Waals surface area contributed by atoms with Crippen LogP contribution in [-0.4, -0.2) is 28.6 Å². The summed E-state index contributed by atoms with van der Waals surface area (Å²) >= 11 is 0. The Hall–Kier alpha value is -3.20. The van der Waals surface area contributed by atoms with Gasteiger partial charge in [-0.25, -0.2) is 17.8 Å². The van der Waals surface area contributed by atoms with Crippen molar-refractivity contribution < 1.29 is 12.8 Å². The molecule has 3 N–H and O–H groups in total. The summed E-state index contributed by atoms with van der Waals surface area (Å²) in [5, 5.41) is 6.60. The fourth-order valence-electron chi connectivity index (χ4n) is 2.96. The second kappa shape index (κ2) is 6.20. The Bertz CT molecular complexity index is 1220. The van der Waals surface area contributed by atoms with E-state index in [0.717, 1.165) is 5.56 Å². The van der Waals surface area contributed by atoms with Crippen molar-refractivity contribution in [2.24, 2.45) is 0 Å². The van der Waals surface area contributed by atoms with Crippen molar-refractivity contribution in [2.45, 2.75) is 18.7 Å². The van der Waals surface area contributed by atoms with Gasteiger partial charge in [-0.1, -0.05) is 0 Å². The van der Waals surface area contributed by atoms with Gasteiger partial charge < -0.3 is 4.98 Å². The van der Waals surface area contributed by atoms with Crippen LogP contribution in [-0.2, 0) is 10.0 Å². The molecule has 4 aromatic rings. The molecular weight excluding hydrogens is 369 g/mol. The van der Waals surface area contributed by atoms with Crippen LogP contribution in [0.4, 0.5) is 10.1 Å². The Kier molecular flexibility index (Phi) is 3.96. The second-order valence-electron chi connectivity index (χ2n) is 6.19. The highest BCUT2D eigenvalue weighted by atomic mass is 32.2. The van der Waals surface area contributed by atoms with Gasteiger partial charge in [0.25, 0.3) is 10.0 Å². The summed E-state index contributed by atoms with van der Waals surface area (Å²) in [4.78, 5) is 7.72. The van der Waals surface area contributed by atoms with Gasteiger partial charge in [-0.3, -0.25) is 9.82 Å². The maximum Gasteiger partial charge on any atom is 0.265 e. The molecule has 0 radical (unpaired) electrons. The first-order valence-corrected chi connectivity index (χ1v) is 9.62. The Balaban J connectivity index is 1.69.